The summed E-state index contributed by atoms with van der Waals surface area (Å²) in [4.78, 5) is 12.1. The summed E-state index contributed by atoms with van der Waals surface area (Å²) >= 11 is 0. The third-order valence-electron chi connectivity index (χ3n) is 3.64. The molecule has 0 aromatic heterocycles. The Bertz CT molecular complexity index is 401. The van der Waals surface area contributed by atoms with Crippen LogP contribution in [-0.2, 0) is 4.79 Å². The average molecular weight is 276 g/mol. The van der Waals surface area contributed by atoms with Gasteiger partial charge in [-0.25, -0.2) is 0 Å². The summed E-state index contributed by atoms with van der Waals surface area (Å²) in [5.74, 6) is -0.0974. The van der Waals surface area contributed by atoms with E-state index in [1.165, 1.54) is 19.3 Å². The van der Waals surface area contributed by atoms with Crippen molar-refractivity contribution in [3.63, 3.8) is 0 Å². The largest absolute Gasteiger partial charge is 0.354 e. The topological polar surface area (TPSA) is 55.1 Å². The van der Waals surface area contributed by atoms with Crippen LogP contribution in [0.2, 0.25) is 0 Å². The van der Waals surface area contributed by atoms with Crippen LogP contribution < -0.4 is 11.1 Å². The van der Waals surface area contributed by atoms with Gasteiger partial charge in [0, 0.05) is 6.54 Å². The molecule has 0 saturated carbocycles. The number of rotatable bonds is 8. The molecule has 0 heterocycles. The van der Waals surface area contributed by atoms with E-state index in [1.807, 2.05) is 30.3 Å². The minimum atomic E-state index is -0.581. The van der Waals surface area contributed by atoms with Gasteiger partial charge >= 0.3 is 0 Å². The molecule has 1 amide bonds. The van der Waals surface area contributed by atoms with Gasteiger partial charge in [0.15, 0.2) is 0 Å². The van der Waals surface area contributed by atoms with Gasteiger partial charge in [-0.05, 0) is 17.4 Å². The molecule has 20 heavy (non-hydrogen) atoms. The molecule has 0 unspecified atom stereocenters. The predicted molar refractivity (Wildman–Crippen MR) is 84.3 cm³/mol. The molecule has 3 heteroatoms. The first-order valence-corrected chi connectivity index (χ1v) is 7.54. The highest BCUT2D eigenvalue weighted by molar-refractivity contribution is 5.82. The molecule has 0 spiro atoms. The summed E-state index contributed by atoms with van der Waals surface area (Å²) in [6, 6.07) is 8.91. The van der Waals surface area contributed by atoms with Crippen LogP contribution in [0.1, 0.15) is 58.1 Å². The van der Waals surface area contributed by atoms with Gasteiger partial charge in [-0.2, -0.15) is 0 Å². The van der Waals surface area contributed by atoms with E-state index in [2.05, 4.69) is 26.1 Å². The summed E-state index contributed by atoms with van der Waals surface area (Å²) in [5, 5.41) is 2.98. The highest BCUT2D eigenvalue weighted by Gasteiger charge is 2.21. The molecule has 3 N–H and O–H groups in total. The van der Waals surface area contributed by atoms with Crippen molar-refractivity contribution in [1.29, 1.82) is 0 Å². The van der Waals surface area contributed by atoms with Crippen molar-refractivity contribution in [2.45, 2.75) is 52.5 Å². The third-order valence-corrected chi connectivity index (χ3v) is 3.64. The number of amides is 1. The molecule has 0 fully saturated rings. The maximum atomic E-state index is 12.1. The van der Waals surface area contributed by atoms with Crippen molar-refractivity contribution in [2.75, 3.05) is 6.54 Å². The summed E-state index contributed by atoms with van der Waals surface area (Å²) in [6.45, 7) is 7.26. The highest BCUT2D eigenvalue weighted by Crippen LogP contribution is 2.23. The lowest BCUT2D eigenvalue weighted by molar-refractivity contribution is -0.122. The lowest BCUT2D eigenvalue weighted by atomic mass is 9.86. The van der Waals surface area contributed by atoms with E-state index in [0.29, 0.717) is 6.54 Å². The van der Waals surface area contributed by atoms with Crippen LogP contribution in [0.15, 0.2) is 30.3 Å². The molecular weight excluding hydrogens is 248 g/mol. The standard InChI is InChI=1S/C17H28N2O/c1-4-5-9-12-17(2,3)13-19-16(20)15(18)14-10-7-6-8-11-14/h6-8,10-11,15H,4-5,9,12-13,18H2,1-3H3,(H,19,20)/t15-/m0/s1. The van der Waals surface area contributed by atoms with E-state index in [4.69, 9.17) is 5.73 Å². The fourth-order valence-electron chi connectivity index (χ4n) is 2.19. The summed E-state index contributed by atoms with van der Waals surface area (Å²) in [7, 11) is 0. The maximum Gasteiger partial charge on any atom is 0.241 e. The molecule has 0 aliphatic rings. The predicted octanol–water partition coefficient (Wildman–Crippen LogP) is 3.41. The first kappa shape index (κ1) is 16.7. The number of unbranched alkanes of at least 4 members (excludes halogenated alkanes) is 2. The van der Waals surface area contributed by atoms with Crippen LogP contribution in [0.5, 0.6) is 0 Å². The van der Waals surface area contributed by atoms with E-state index in [0.717, 1.165) is 12.0 Å². The van der Waals surface area contributed by atoms with Gasteiger partial charge in [0.2, 0.25) is 5.91 Å². The number of benzene rings is 1. The molecule has 3 nitrogen and oxygen atoms in total. The van der Waals surface area contributed by atoms with Crippen LogP contribution in [0.3, 0.4) is 0 Å². The van der Waals surface area contributed by atoms with Crippen LogP contribution >= 0.6 is 0 Å². The Labute approximate surface area is 122 Å². The van der Waals surface area contributed by atoms with Gasteiger partial charge < -0.3 is 11.1 Å². The lowest BCUT2D eigenvalue weighted by Crippen LogP contribution is -2.39. The number of carbonyl (C=O) groups excluding carboxylic acids is 1. The molecule has 0 aliphatic heterocycles. The minimum absolute atomic E-state index is 0.0974. The Morgan fingerprint density at radius 3 is 2.50 bits per heavy atom. The van der Waals surface area contributed by atoms with Crippen LogP contribution in [0.4, 0.5) is 0 Å². The van der Waals surface area contributed by atoms with E-state index in [1.54, 1.807) is 0 Å². The van der Waals surface area contributed by atoms with Crippen molar-refractivity contribution in [3.8, 4) is 0 Å². The van der Waals surface area contributed by atoms with Crippen molar-refractivity contribution in [1.82, 2.24) is 5.32 Å². The SMILES string of the molecule is CCCCCC(C)(C)CNC(=O)[C@@H](N)c1ccccc1. The zero-order valence-electron chi connectivity index (χ0n) is 13.0. The van der Waals surface area contributed by atoms with Gasteiger partial charge in [0.1, 0.15) is 6.04 Å². The van der Waals surface area contributed by atoms with E-state index < -0.39 is 6.04 Å². The third kappa shape index (κ3) is 5.74. The first-order chi connectivity index (χ1) is 9.46. The smallest absolute Gasteiger partial charge is 0.241 e. The average Bonchev–Trinajstić information content (AvgIpc) is 2.45. The number of nitrogens with two attached hydrogens (primary N) is 1. The highest BCUT2D eigenvalue weighted by atomic mass is 16.2. The molecule has 112 valence electrons. The van der Waals surface area contributed by atoms with Crippen LogP contribution in [0, 0.1) is 5.41 Å². The maximum absolute atomic E-state index is 12.1. The number of carbonyl (C=O) groups is 1. The number of hydrogen-bond acceptors (Lipinski definition) is 2. The molecule has 0 bridgehead atoms. The molecule has 1 rings (SSSR count). The van der Waals surface area contributed by atoms with Gasteiger partial charge in [0.25, 0.3) is 0 Å². The van der Waals surface area contributed by atoms with Gasteiger partial charge in [0.05, 0.1) is 0 Å². The second-order valence-corrected chi connectivity index (χ2v) is 6.23. The Hall–Kier alpha value is -1.35. The quantitative estimate of drug-likeness (QED) is 0.715. The molecule has 0 saturated heterocycles. The monoisotopic (exact) mass is 276 g/mol. The Morgan fingerprint density at radius 2 is 1.90 bits per heavy atom. The van der Waals surface area contributed by atoms with Gasteiger partial charge in [-0.1, -0.05) is 70.4 Å². The molecule has 1 aromatic rings. The zero-order chi connectivity index (χ0) is 15.0. The summed E-state index contributed by atoms with van der Waals surface area (Å²) in [5.41, 5.74) is 6.96. The summed E-state index contributed by atoms with van der Waals surface area (Å²) in [6.07, 6.45) is 4.81. The Balaban J connectivity index is 2.42. The van der Waals surface area contributed by atoms with Gasteiger partial charge in [-0.3, -0.25) is 4.79 Å². The zero-order valence-corrected chi connectivity index (χ0v) is 13.0. The molecule has 0 radical (unpaired) electrons. The van der Waals surface area contributed by atoms with Crippen LogP contribution in [-0.4, -0.2) is 12.5 Å². The second kappa shape index (κ2) is 8.05. The summed E-state index contributed by atoms with van der Waals surface area (Å²) < 4.78 is 0. The Morgan fingerprint density at radius 1 is 1.25 bits per heavy atom. The number of hydrogen-bond donors (Lipinski definition) is 2. The van der Waals surface area contributed by atoms with Crippen LogP contribution in [0.25, 0.3) is 0 Å². The van der Waals surface area contributed by atoms with Crippen molar-refractivity contribution in [2.24, 2.45) is 11.1 Å². The molecule has 0 aliphatic carbocycles. The lowest BCUT2D eigenvalue weighted by Gasteiger charge is -2.26. The molecule has 1 aromatic carbocycles. The fraction of sp³-hybridized carbons (Fsp3) is 0.588. The molecular formula is C17H28N2O. The van der Waals surface area contributed by atoms with Crippen molar-refractivity contribution in [3.05, 3.63) is 35.9 Å². The number of nitrogens with one attached hydrogen (secondary N) is 1. The second-order valence-electron chi connectivity index (χ2n) is 6.23. The first-order valence-electron chi connectivity index (χ1n) is 7.54. The molecule has 1 atom stereocenters. The normalized spacial score (nSPS) is 13.0. The minimum Gasteiger partial charge on any atom is -0.354 e. The van der Waals surface area contributed by atoms with Crippen molar-refractivity contribution >= 4 is 5.91 Å². The van der Waals surface area contributed by atoms with Gasteiger partial charge in [-0.15, -0.1) is 0 Å². The van der Waals surface area contributed by atoms with E-state index in [-0.39, 0.29) is 11.3 Å². The fourth-order valence-corrected chi connectivity index (χ4v) is 2.19. The van der Waals surface area contributed by atoms with Crippen molar-refractivity contribution < 1.29 is 4.79 Å². The van der Waals surface area contributed by atoms with E-state index in [9.17, 15) is 4.79 Å². The van der Waals surface area contributed by atoms with E-state index >= 15 is 0 Å². The Kier molecular flexibility index (Phi) is 6.73.